The molecule has 0 aliphatic carbocycles. The number of halogens is 1. The van der Waals surface area contributed by atoms with E-state index in [0.29, 0.717) is 15.7 Å². The Hall–Kier alpha value is -2.06. The summed E-state index contributed by atoms with van der Waals surface area (Å²) in [6, 6.07) is 10.8. The topological polar surface area (TPSA) is 84.5 Å². The molecule has 6 nitrogen and oxygen atoms in total. The van der Waals surface area contributed by atoms with E-state index >= 15 is 0 Å². The number of amides is 1. The lowest BCUT2D eigenvalue weighted by Crippen LogP contribution is -2.18. The van der Waals surface area contributed by atoms with Crippen LogP contribution < -0.4 is 14.8 Å². The van der Waals surface area contributed by atoms with Crippen LogP contribution in [0.1, 0.15) is 10.4 Å². The van der Waals surface area contributed by atoms with Crippen molar-refractivity contribution in [3.63, 3.8) is 0 Å². The number of nitrogens with one attached hydrogen (secondary N) is 2. The first-order valence-electron chi connectivity index (χ1n) is 6.56. The molecule has 122 valence electrons. The summed E-state index contributed by atoms with van der Waals surface area (Å²) >= 11 is 3.24. The number of sulfonamides is 1. The predicted octanol–water partition coefficient (Wildman–Crippen LogP) is 2.62. The van der Waals surface area contributed by atoms with Crippen molar-refractivity contribution in [2.24, 2.45) is 0 Å². The molecule has 0 fully saturated rings. The second-order valence-electron chi connectivity index (χ2n) is 4.56. The number of ether oxygens (including phenoxy) is 1. The van der Waals surface area contributed by atoms with Gasteiger partial charge in [0.2, 0.25) is 0 Å². The summed E-state index contributed by atoms with van der Waals surface area (Å²) in [6.07, 6.45) is 0. The van der Waals surface area contributed by atoms with E-state index in [9.17, 15) is 13.2 Å². The van der Waals surface area contributed by atoms with Gasteiger partial charge < -0.3 is 10.1 Å². The number of hydrogen-bond acceptors (Lipinski definition) is 4. The van der Waals surface area contributed by atoms with Crippen molar-refractivity contribution in [1.82, 2.24) is 5.32 Å². The molecular weight excluding hydrogens is 384 g/mol. The summed E-state index contributed by atoms with van der Waals surface area (Å²) in [5.41, 5.74) is 0.787. The Morgan fingerprint density at radius 3 is 2.35 bits per heavy atom. The first-order chi connectivity index (χ1) is 10.9. The third-order valence-corrected chi connectivity index (χ3v) is 4.94. The van der Waals surface area contributed by atoms with Crippen LogP contribution in [0, 0.1) is 0 Å². The Bertz CT molecular complexity index is 820. The molecule has 0 radical (unpaired) electrons. The fourth-order valence-corrected chi connectivity index (χ4v) is 3.67. The van der Waals surface area contributed by atoms with Crippen LogP contribution >= 0.6 is 15.9 Å². The Balaban J connectivity index is 2.31. The number of anilines is 1. The van der Waals surface area contributed by atoms with E-state index in [1.165, 1.54) is 44.5 Å². The van der Waals surface area contributed by atoms with Crippen LogP contribution in [0.3, 0.4) is 0 Å². The van der Waals surface area contributed by atoms with Crippen LogP contribution in [-0.2, 0) is 10.0 Å². The Kier molecular flexibility index (Phi) is 5.27. The lowest BCUT2D eigenvalue weighted by atomic mass is 10.2. The van der Waals surface area contributed by atoms with Crippen molar-refractivity contribution in [2.45, 2.75) is 4.90 Å². The number of carbonyl (C=O) groups is 1. The third kappa shape index (κ3) is 4.02. The fraction of sp³-hybridized carbons (Fsp3) is 0.133. The zero-order valence-corrected chi connectivity index (χ0v) is 14.9. The highest BCUT2D eigenvalue weighted by molar-refractivity contribution is 9.10. The smallest absolute Gasteiger partial charge is 0.265 e. The fourth-order valence-electron chi connectivity index (χ4n) is 1.90. The van der Waals surface area contributed by atoms with Gasteiger partial charge in [-0.1, -0.05) is 15.9 Å². The molecule has 0 saturated carbocycles. The van der Waals surface area contributed by atoms with Crippen molar-refractivity contribution >= 4 is 37.5 Å². The van der Waals surface area contributed by atoms with Crippen molar-refractivity contribution < 1.29 is 17.9 Å². The van der Waals surface area contributed by atoms with E-state index in [4.69, 9.17) is 4.74 Å². The molecule has 0 aliphatic rings. The molecule has 8 heteroatoms. The number of hydrogen-bond donors (Lipinski definition) is 2. The molecule has 2 rings (SSSR count). The van der Waals surface area contributed by atoms with Crippen LogP contribution in [0.4, 0.5) is 5.69 Å². The van der Waals surface area contributed by atoms with Crippen LogP contribution in [0.15, 0.2) is 51.8 Å². The van der Waals surface area contributed by atoms with Crippen LogP contribution in [0.5, 0.6) is 5.75 Å². The van der Waals surface area contributed by atoms with E-state index in [1.54, 1.807) is 12.1 Å². The van der Waals surface area contributed by atoms with Crippen LogP contribution in [-0.4, -0.2) is 28.5 Å². The van der Waals surface area contributed by atoms with Crippen molar-refractivity contribution in [3.8, 4) is 5.75 Å². The Morgan fingerprint density at radius 2 is 1.78 bits per heavy atom. The van der Waals surface area contributed by atoms with E-state index in [-0.39, 0.29) is 16.6 Å². The van der Waals surface area contributed by atoms with Gasteiger partial charge in [-0.15, -0.1) is 0 Å². The van der Waals surface area contributed by atoms with E-state index in [0.717, 1.165) is 0 Å². The normalized spacial score (nSPS) is 10.9. The standard InChI is InChI=1S/C15H15BrN2O4S/c1-17-15(19)10-3-6-12(7-4-10)18-23(20,21)14-9-11(16)5-8-13(14)22-2/h3-9,18H,1-2H3,(H,17,19). The van der Waals surface area contributed by atoms with Crippen molar-refractivity contribution in [3.05, 3.63) is 52.5 Å². The maximum atomic E-state index is 12.5. The van der Waals surface area contributed by atoms with Gasteiger partial charge in [-0.3, -0.25) is 9.52 Å². The lowest BCUT2D eigenvalue weighted by Gasteiger charge is -2.12. The maximum absolute atomic E-state index is 12.5. The molecule has 0 spiro atoms. The van der Waals surface area contributed by atoms with Gasteiger partial charge >= 0.3 is 0 Å². The number of methoxy groups -OCH3 is 1. The van der Waals surface area contributed by atoms with Crippen molar-refractivity contribution in [2.75, 3.05) is 18.9 Å². The summed E-state index contributed by atoms with van der Waals surface area (Å²) in [5, 5.41) is 2.50. The molecule has 2 aromatic rings. The predicted molar refractivity (Wildman–Crippen MR) is 91.3 cm³/mol. The average Bonchev–Trinajstić information content (AvgIpc) is 2.54. The molecule has 2 N–H and O–H groups in total. The Labute approximate surface area is 143 Å². The van der Waals surface area contributed by atoms with Gasteiger partial charge in [0.15, 0.2) is 0 Å². The second kappa shape index (κ2) is 7.01. The number of benzene rings is 2. The molecule has 0 atom stereocenters. The SMILES string of the molecule is CNC(=O)c1ccc(NS(=O)(=O)c2cc(Br)ccc2OC)cc1. The molecule has 0 unspecified atom stereocenters. The highest BCUT2D eigenvalue weighted by Gasteiger charge is 2.20. The van der Waals surface area contributed by atoms with Crippen LogP contribution in [0.25, 0.3) is 0 Å². The molecule has 0 aliphatic heterocycles. The van der Waals surface area contributed by atoms with Crippen molar-refractivity contribution in [1.29, 1.82) is 0 Å². The summed E-state index contributed by atoms with van der Waals surface area (Å²) in [5.74, 6) is -0.00394. The minimum absolute atomic E-state index is 0.0183. The van der Waals surface area contributed by atoms with Gasteiger partial charge in [-0.05, 0) is 42.5 Å². The van der Waals surface area contributed by atoms with Gasteiger partial charge in [0, 0.05) is 22.8 Å². The quantitative estimate of drug-likeness (QED) is 0.810. The maximum Gasteiger partial charge on any atom is 0.265 e. The largest absolute Gasteiger partial charge is 0.495 e. The third-order valence-electron chi connectivity index (χ3n) is 3.04. The number of carbonyl (C=O) groups excluding carboxylic acids is 1. The first kappa shape index (κ1) is 17.3. The van der Waals surface area contributed by atoms with E-state index in [1.807, 2.05) is 0 Å². The highest BCUT2D eigenvalue weighted by Crippen LogP contribution is 2.28. The first-order valence-corrected chi connectivity index (χ1v) is 8.83. The van der Waals surface area contributed by atoms with E-state index in [2.05, 4.69) is 26.0 Å². The molecule has 0 heterocycles. The molecule has 2 aromatic carbocycles. The van der Waals surface area contributed by atoms with Gasteiger partial charge in [-0.2, -0.15) is 0 Å². The summed E-state index contributed by atoms with van der Waals surface area (Å²) in [7, 11) is -0.893. The monoisotopic (exact) mass is 398 g/mol. The molecule has 0 aromatic heterocycles. The summed E-state index contributed by atoms with van der Waals surface area (Å²) in [6.45, 7) is 0. The molecule has 0 saturated heterocycles. The summed E-state index contributed by atoms with van der Waals surface area (Å²) < 4.78 is 33.2. The minimum Gasteiger partial charge on any atom is -0.495 e. The zero-order chi connectivity index (χ0) is 17.0. The van der Waals surface area contributed by atoms with E-state index < -0.39 is 10.0 Å². The molecule has 1 amide bonds. The highest BCUT2D eigenvalue weighted by atomic mass is 79.9. The number of rotatable bonds is 5. The minimum atomic E-state index is -3.82. The molecule has 0 bridgehead atoms. The summed E-state index contributed by atoms with van der Waals surface area (Å²) in [4.78, 5) is 11.5. The molecular formula is C15H15BrN2O4S. The van der Waals surface area contributed by atoms with Crippen LogP contribution in [0.2, 0.25) is 0 Å². The van der Waals surface area contributed by atoms with Gasteiger partial charge in [0.25, 0.3) is 15.9 Å². The average molecular weight is 399 g/mol. The Morgan fingerprint density at radius 1 is 1.13 bits per heavy atom. The van der Waals surface area contributed by atoms with Gasteiger partial charge in [-0.25, -0.2) is 8.42 Å². The second-order valence-corrected chi connectivity index (χ2v) is 7.12. The molecule has 23 heavy (non-hydrogen) atoms. The lowest BCUT2D eigenvalue weighted by molar-refractivity contribution is 0.0963. The van der Waals surface area contributed by atoms with Gasteiger partial charge in [0.05, 0.1) is 7.11 Å². The van der Waals surface area contributed by atoms with Gasteiger partial charge in [0.1, 0.15) is 10.6 Å². The zero-order valence-electron chi connectivity index (χ0n) is 12.5.